The van der Waals surface area contributed by atoms with Gasteiger partial charge in [-0.15, -0.1) is 0 Å². The van der Waals surface area contributed by atoms with Crippen molar-refractivity contribution in [3.05, 3.63) is 29.8 Å². The lowest BCUT2D eigenvalue weighted by molar-refractivity contribution is -0.138. The molecule has 0 atom stereocenters. The molecule has 0 amide bonds. The Bertz CT molecular complexity index is 370. The van der Waals surface area contributed by atoms with Crippen LogP contribution in [-0.2, 0) is 20.7 Å². The summed E-state index contributed by atoms with van der Waals surface area (Å²) in [6, 6.07) is 7.39. The number of hydrogen-bond acceptors (Lipinski definition) is 4. The maximum atomic E-state index is 10.9. The average Bonchev–Trinajstić information content (AvgIpc) is 2.27. The van der Waals surface area contributed by atoms with Crippen molar-refractivity contribution < 1.29 is 14.3 Å². The highest BCUT2D eigenvalue weighted by Gasteiger charge is 2.00. The molecule has 1 rings (SSSR count). The Balaban J connectivity index is 2.51. The van der Waals surface area contributed by atoms with Gasteiger partial charge in [0.2, 0.25) is 0 Å². The molecule has 0 aliphatic carbocycles. The number of rotatable bonds is 5. The average molecular weight is 221 g/mol. The molecule has 0 aliphatic heterocycles. The molecule has 0 heterocycles. The summed E-state index contributed by atoms with van der Waals surface area (Å²) in [4.78, 5) is 21.7. The summed E-state index contributed by atoms with van der Waals surface area (Å²) in [5.74, 6) is -0.178. The molecule has 0 unspecified atom stereocenters. The summed E-state index contributed by atoms with van der Waals surface area (Å²) < 4.78 is 4.50. The predicted octanol–water partition coefficient (Wildman–Crippen LogP) is 1.40. The van der Waals surface area contributed by atoms with E-state index in [9.17, 15) is 9.59 Å². The number of Topliss-reactive ketones (excluding diaryl/α,β-unsaturated/α-hetero) is 1. The number of carbonyl (C=O) groups is 2. The molecule has 0 bridgehead atoms. The minimum absolute atomic E-state index is 0.135. The summed E-state index contributed by atoms with van der Waals surface area (Å²) in [5, 5.41) is 2.92. The summed E-state index contributed by atoms with van der Waals surface area (Å²) in [5.41, 5.74) is 1.80. The Labute approximate surface area is 94.6 Å². The lowest BCUT2D eigenvalue weighted by Gasteiger charge is -2.05. The lowest BCUT2D eigenvalue weighted by atomic mass is 10.1. The van der Waals surface area contributed by atoms with Crippen LogP contribution in [0.25, 0.3) is 0 Å². The van der Waals surface area contributed by atoms with Gasteiger partial charge in [0, 0.05) is 12.1 Å². The van der Waals surface area contributed by atoms with Gasteiger partial charge in [0.15, 0.2) is 0 Å². The largest absolute Gasteiger partial charge is 0.468 e. The molecular formula is C12H15NO3. The fourth-order valence-corrected chi connectivity index (χ4v) is 1.27. The van der Waals surface area contributed by atoms with E-state index in [0.29, 0.717) is 6.42 Å². The number of esters is 1. The molecule has 1 aromatic rings. The van der Waals surface area contributed by atoms with Crippen LogP contribution < -0.4 is 5.32 Å². The number of ketones is 1. The summed E-state index contributed by atoms with van der Waals surface area (Å²) in [6.07, 6.45) is 0.442. The van der Waals surface area contributed by atoms with Crippen LogP contribution in [0.2, 0.25) is 0 Å². The normalized spacial score (nSPS) is 9.62. The van der Waals surface area contributed by atoms with Crippen LogP contribution in [0.15, 0.2) is 24.3 Å². The quantitative estimate of drug-likeness (QED) is 0.764. The Hall–Kier alpha value is -1.84. The Kier molecular flexibility index (Phi) is 4.51. The number of methoxy groups -OCH3 is 1. The van der Waals surface area contributed by atoms with Gasteiger partial charge in [0.25, 0.3) is 0 Å². The van der Waals surface area contributed by atoms with Crippen LogP contribution in [0.5, 0.6) is 0 Å². The summed E-state index contributed by atoms with van der Waals surface area (Å²) >= 11 is 0. The van der Waals surface area contributed by atoms with E-state index in [1.54, 1.807) is 6.92 Å². The van der Waals surface area contributed by atoms with Gasteiger partial charge in [-0.2, -0.15) is 0 Å². The van der Waals surface area contributed by atoms with Gasteiger partial charge < -0.3 is 10.1 Å². The highest BCUT2D eigenvalue weighted by molar-refractivity contribution is 5.78. The molecule has 4 nitrogen and oxygen atoms in total. The van der Waals surface area contributed by atoms with Crippen molar-refractivity contribution >= 4 is 17.4 Å². The van der Waals surface area contributed by atoms with E-state index in [-0.39, 0.29) is 18.3 Å². The van der Waals surface area contributed by atoms with Crippen molar-refractivity contribution in [2.45, 2.75) is 13.3 Å². The molecule has 4 heteroatoms. The molecule has 16 heavy (non-hydrogen) atoms. The first kappa shape index (κ1) is 12.2. The van der Waals surface area contributed by atoms with Crippen molar-refractivity contribution in [2.24, 2.45) is 0 Å². The second-order valence-corrected chi connectivity index (χ2v) is 3.51. The third kappa shape index (κ3) is 4.13. The van der Waals surface area contributed by atoms with E-state index < -0.39 is 0 Å². The van der Waals surface area contributed by atoms with Crippen molar-refractivity contribution in [1.29, 1.82) is 0 Å². The third-order valence-corrected chi connectivity index (χ3v) is 2.07. The van der Waals surface area contributed by atoms with Crippen LogP contribution in [0, 0.1) is 0 Å². The molecule has 0 fully saturated rings. The highest BCUT2D eigenvalue weighted by Crippen LogP contribution is 2.09. The van der Waals surface area contributed by atoms with E-state index in [4.69, 9.17) is 0 Å². The van der Waals surface area contributed by atoms with Crippen molar-refractivity contribution in [3.8, 4) is 0 Å². The number of benzene rings is 1. The number of carbonyl (C=O) groups excluding carboxylic acids is 2. The standard InChI is InChI=1S/C12H15NO3/c1-9(14)7-10-3-5-11(6-4-10)13-8-12(15)16-2/h3-6,13H,7-8H2,1-2H3. The molecular weight excluding hydrogens is 206 g/mol. The van der Waals surface area contributed by atoms with Crippen molar-refractivity contribution in [1.82, 2.24) is 0 Å². The van der Waals surface area contributed by atoms with Gasteiger partial charge >= 0.3 is 5.97 Å². The SMILES string of the molecule is COC(=O)CNc1ccc(CC(C)=O)cc1. The Morgan fingerprint density at radius 1 is 1.25 bits per heavy atom. The first-order valence-corrected chi connectivity index (χ1v) is 5.01. The minimum atomic E-state index is -0.312. The Morgan fingerprint density at radius 2 is 1.88 bits per heavy atom. The van der Waals surface area contributed by atoms with Crippen LogP contribution in [0.3, 0.4) is 0 Å². The molecule has 0 saturated heterocycles. The lowest BCUT2D eigenvalue weighted by Crippen LogP contribution is -2.14. The van der Waals surface area contributed by atoms with Crippen LogP contribution in [0.1, 0.15) is 12.5 Å². The van der Waals surface area contributed by atoms with Gasteiger partial charge in [-0.25, -0.2) is 0 Å². The minimum Gasteiger partial charge on any atom is -0.468 e. The first-order chi connectivity index (χ1) is 7.61. The number of hydrogen-bond donors (Lipinski definition) is 1. The van der Waals surface area contributed by atoms with Crippen LogP contribution in [0.4, 0.5) is 5.69 Å². The van der Waals surface area contributed by atoms with Crippen LogP contribution in [-0.4, -0.2) is 25.4 Å². The maximum absolute atomic E-state index is 10.9. The molecule has 1 aromatic carbocycles. The summed E-state index contributed by atoms with van der Waals surface area (Å²) in [6.45, 7) is 1.70. The fourth-order valence-electron chi connectivity index (χ4n) is 1.27. The molecule has 0 aliphatic rings. The zero-order chi connectivity index (χ0) is 12.0. The second kappa shape index (κ2) is 5.90. The summed E-state index contributed by atoms with van der Waals surface area (Å²) in [7, 11) is 1.35. The monoisotopic (exact) mass is 221 g/mol. The van der Waals surface area contributed by atoms with Gasteiger partial charge in [0.1, 0.15) is 12.3 Å². The molecule has 0 radical (unpaired) electrons. The molecule has 86 valence electrons. The van der Waals surface area contributed by atoms with Gasteiger partial charge in [-0.05, 0) is 24.6 Å². The van der Waals surface area contributed by atoms with Gasteiger partial charge in [-0.1, -0.05) is 12.1 Å². The van der Waals surface area contributed by atoms with E-state index in [2.05, 4.69) is 10.1 Å². The second-order valence-electron chi connectivity index (χ2n) is 3.51. The zero-order valence-electron chi connectivity index (χ0n) is 9.45. The number of anilines is 1. The predicted molar refractivity (Wildman–Crippen MR) is 61.3 cm³/mol. The van der Waals surface area contributed by atoms with Crippen molar-refractivity contribution in [2.75, 3.05) is 19.0 Å². The number of nitrogens with one attached hydrogen (secondary N) is 1. The van der Waals surface area contributed by atoms with E-state index in [1.807, 2.05) is 24.3 Å². The number of ether oxygens (including phenoxy) is 1. The molecule has 0 aromatic heterocycles. The third-order valence-electron chi connectivity index (χ3n) is 2.07. The highest BCUT2D eigenvalue weighted by atomic mass is 16.5. The fraction of sp³-hybridized carbons (Fsp3) is 0.333. The maximum Gasteiger partial charge on any atom is 0.325 e. The van der Waals surface area contributed by atoms with Crippen molar-refractivity contribution in [3.63, 3.8) is 0 Å². The molecule has 0 saturated carbocycles. The molecule has 0 spiro atoms. The van der Waals surface area contributed by atoms with E-state index in [1.165, 1.54) is 7.11 Å². The zero-order valence-corrected chi connectivity index (χ0v) is 9.45. The topological polar surface area (TPSA) is 55.4 Å². The first-order valence-electron chi connectivity index (χ1n) is 5.01. The van der Waals surface area contributed by atoms with Crippen LogP contribution >= 0.6 is 0 Å². The smallest absolute Gasteiger partial charge is 0.325 e. The van der Waals surface area contributed by atoms with Gasteiger partial charge in [0.05, 0.1) is 7.11 Å². The Morgan fingerprint density at radius 3 is 2.38 bits per heavy atom. The van der Waals surface area contributed by atoms with E-state index in [0.717, 1.165) is 11.3 Å². The van der Waals surface area contributed by atoms with E-state index >= 15 is 0 Å². The molecule has 1 N–H and O–H groups in total. The van der Waals surface area contributed by atoms with Gasteiger partial charge in [-0.3, -0.25) is 9.59 Å².